The fourth-order valence-electron chi connectivity index (χ4n) is 0.928. The Labute approximate surface area is 102 Å². The molecule has 0 bridgehead atoms. The van der Waals surface area contributed by atoms with Gasteiger partial charge in [0.1, 0.15) is 13.6 Å². The number of hydrogen-bond acceptors (Lipinski definition) is 5. The summed E-state index contributed by atoms with van der Waals surface area (Å²) in [5.74, 6) is 0. The van der Waals surface area contributed by atoms with E-state index in [1.807, 2.05) is 28.8 Å². The molecule has 0 saturated heterocycles. The average Bonchev–Trinajstić information content (AvgIpc) is 2.73. The molecule has 100 valence electrons. The van der Waals surface area contributed by atoms with Crippen LogP contribution in [0.15, 0.2) is 12.4 Å². The van der Waals surface area contributed by atoms with Crippen molar-refractivity contribution >= 4 is 7.82 Å². The first-order valence-electron chi connectivity index (χ1n) is 5.27. The number of unbranched alkanes of at least 4 members (excludes halogenated alkanes) is 1. The minimum absolute atomic E-state index is 1.04. The molecule has 1 rings (SSSR count). The summed E-state index contributed by atoms with van der Waals surface area (Å²) in [5.41, 5.74) is 0. The van der Waals surface area contributed by atoms with Crippen LogP contribution >= 0.6 is 7.82 Å². The van der Waals surface area contributed by atoms with Crippen molar-refractivity contribution in [3.8, 4) is 0 Å². The Morgan fingerprint density at radius 1 is 1.47 bits per heavy atom. The normalized spacial score (nSPS) is 10.9. The lowest BCUT2D eigenvalue weighted by atomic mass is 10.3. The van der Waals surface area contributed by atoms with E-state index in [-0.39, 0.29) is 0 Å². The quantitative estimate of drug-likeness (QED) is 0.563. The second-order valence-corrected chi connectivity index (χ2v) is 4.91. The van der Waals surface area contributed by atoms with Gasteiger partial charge in [0.15, 0.2) is 12.4 Å². The molecule has 0 aliphatic heterocycles. The first kappa shape index (κ1) is 16.2. The van der Waals surface area contributed by atoms with Crippen molar-refractivity contribution in [2.45, 2.75) is 26.3 Å². The van der Waals surface area contributed by atoms with Crippen LogP contribution in [0.2, 0.25) is 0 Å². The highest BCUT2D eigenvalue weighted by molar-refractivity contribution is 7.45. The molecule has 0 aliphatic rings. The van der Waals surface area contributed by atoms with Gasteiger partial charge in [0.2, 0.25) is 0 Å². The smallest absolute Gasteiger partial charge is 0.267 e. The van der Waals surface area contributed by atoms with Gasteiger partial charge in [-0.1, -0.05) is 13.3 Å². The van der Waals surface area contributed by atoms with Crippen LogP contribution in [0.1, 0.15) is 19.8 Å². The van der Waals surface area contributed by atoms with Crippen LogP contribution in [0.25, 0.3) is 0 Å². The zero-order valence-corrected chi connectivity index (χ0v) is 11.6. The Hall–Kier alpha value is -0.750. The summed E-state index contributed by atoms with van der Waals surface area (Å²) in [6, 6.07) is 0. The summed E-state index contributed by atoms with van der Waals surface area (Å²) in [6.07, 6.45) is 6.39. The standard InChI is InChI=1S/C7H14N3.C2H7O4P/c1-3-4-5-10-7-6-9(2)8-10;1-5-7(3,4)6-2/h6-7H,3-5H2,1-2H3;1-2H3,(H,3,4)/q+1;/p-1. The second kappa shape index (κ2) is 8.36. The molecule has 0 radical (unpaired) electrons. The van der Waals surface area contributed by atoms with Crippen molar-refractivity contribution in [1.82, 2.24) is 9.90 Å². The van der Waals surface area contributed by atoms with Crippen molar-refractivity contribution in [3.05, 3.63) is 12.4 Å². The third-order valence-electron chi connectivity index (χ3n) is 1.90. The third-order valence-corrected chi connectivity index (χ3v) is 2.79. The van der Waals surface area contributed by atoms with Crippen LogP contribution in [0.4, 0.5) is 0 Å². The van der Waals surface area contributed by atoms with E-state index in [0.717, 1.165) is 20.8 Å². The van der Waals surface area contributed by atoms with Gasteiger partial charge in [0.05, 0.1) is 5.21 Å². The van der Waals surface area contributed by atoms with Crippen LogP contribution in [0.3, 0.4) is 0 Å². The fraction of sp³-hybridized carbons (Fsp3) is 0.778. The molecule has 0 spiro atoms. The third kappa shape index (κ3) is 8.04. The van der Waals surface area contributed by atoms with Gasteiger partial charge in [0.25, 0.3) is 7.82 Å². The molecular formula is C9H20N3O4P. The number of aromatic nitrogens is 3. The Bertz CT molecular complexity index is 348. The lowest BCUT2D eigenvalue weighted by Gasteiger charge is -2.16. The second-order valence-electron chi connectivity index (χ2n) is 3.29. The summed E-state index contributed by atoms with van der Waals surface area (Å²) in [5, 5.41) is 4.18. The van der Waals surface area contributed by atoms with Crippen LogP contribution in [-0.2, 0) is 27.2 Å². The number of hydrogen-bond donors (Lipinski definition) is 0. The van der Waals surface area contributed by atoms with Gasteiger partial charge in [-0.25, -0.2) is 0 Å². The van der Waals surface area contributed by atoms with Gasteiger partial charge in [-0.05, 0) is 6.42 Å². The molecular weight excluding hydrogens is 245 g/mol. The fourth-order valence-corrected chi connectivity index (χ4v) is 1.08. The van der Waals surface area contributed by atoms with E-state index in [9.17, 15) is 9.46 Å². The first-order valence-corrected chi connectivity index (χ1v) is 6.73. The Morgan fingerprint density at radius 2 is 2.06 bits per heavy atom. The number of nitrogens with zero attached hydrogens (tertiary/aromatic N) is 3. The Kier molecular flexibility index (Phi) is 7.99. The molecule has 1 aromatic heterocycles. The lowest BCUT2D eigenvalue weighted by molar-refractivity contribution is -0.755. The number of aryl methyl sites for hydroxylation is 2. The van der Waals surface area contributed by atoms with Crippen molar-refractivity contribution in [2.24, 2.45) is 7.05 Å². The van der Waals surface area contributed by atoms with Gasteiger partial charge < -0.3 is 13.9 Å². The Morgan fingerprint density at radius 3 is 2.35 bits per heavy atom. The van der Waals surface area contributed by atoms with E-state index in [4.69, 9.17) is 0 Å². The van der Waals surface area contributed by atoms with E-state index >= 15 is 0 Å². The number of phosphoric acid groups is 1. The highest BCUT2D eigenvalue weighted by Crippen LogP contribution is 2.34. The maximum atomic E-state index is 9.95. The van der Waals surface area contributed by atoms with Crippen molar-refractivity contribution in [2.75, 3.05) is 14.2 Å². The van der Waals surface area contributed by atoms with E-state index in [1.54, 1.807) is 0 Å². The first-order chi connectivity index (χ1) is 7.95. The molecule has 0 atom stereocenters. The van der Waals surface area contributed by atoms with E-state index in [0.29, 0.717) is 0 Å². The van der Waals surface area contributed by atoms with E-state index in [1.165, 1.54) is 12.8 Å². The van der Waals surface area contributed by atoms with Crippen molar-refractivity contribution < 1.29 is 23.2 Å². The lowest BCUT2D eigenvalue weighted by Crippen LogP contribution is -2.35. The summed E-state index contributed by atoms with van der Waals surface area (Å²) in [4.78, 5) is 9.95. The molecule has 17 heavy (non-hydrogen) atoms. The molecule has 8 heteroatoms. The summed E-state index contributed by atoms with van der Waals surface area (Å²) >= 11 is 0. The van der Waals surface area contributed by atoms with Gasteiger partial charge >= 0.3 is 0 Å². The van der Waals surface area contributed by atoms with E-state index in [2.05, 4.69) is 21.2 Å². The molecule has 0 fully saturated rings. The highest BCUT2D eigenvalue weighted by atomic mass is 31.2. The van der Waals surface area contributed by atoms with Crippen LogP contribution in [0.5, 0.6) is 0 Å². The van der Waals surface area contributed by atoms with Crippen molar-refractivity contribution in [1.29, 1.82) is 0 Å². The highest BCUT2D eigenvalue weighted by Gasteiger charge is 1.99. The number of rotatable bonds is 5. The molecule has 1 heterocycles. The molecule has 0 aliphatic carbocycles. The molecule has 1 aromatic rings. The number of phosphoric ester groups is 1. The van der Waals surface area contributed by atoms with Crippen LogP contribution < -0.4 is 9.58 Å². The van der Waals surface area contributed by atoms with Crippen LogP contribution in [-0.4, -0.2) is 24.1 Å². The zero-order valence-electron chi connectivity index (χ0n) is 10.7. The minimum atomic E-state index is -3.90. The predicted molar refractivity (Wildman–Crippen MR) is 59.9 cm³/mol. The SMILES string of the molecule is CCCC[n+]1ccn(C)n1.COP(=O)([O-])OC. The van der Waals surface area contributed by atoms with Gasteiger partial charge in [-0.3, -0.25) is 4.57 Å². The zero-order chi connectivity index (χ0) is 13.3. The van der Waals surface area contributed by atoms with Crippen molar-refractivity contribution in [3.63, 3.8) is 0 Å². The summed E-state index contributed by atoms with van der Waals surface area (Å²) in [7, 11) is 0.107. The maximum Gasteiger partial charge on any atom is 0.267 e. The molecule has 0 aromatic carbocycles. The maximum absolute atomic E-state index is 9.95. The minimum Gasteiger partial charge on any atom is -0.756 e. The molecule has 0 unspecified atom stereocenters. The topological polar surface area (TPSA) is 80.3 Å². The molecule has 0 saturated carbocycles. The van der Waals surface area contributed by atoms with Gasteiger partial charge in [-0.2, -0.15) is 0 Å². The molecule has 7 nitrogen and oxygen atoms in total. The van der Waals surface area contributed by atoms with Gasteiger partial charge in [-0.15, -0.1) is 9.36 Å². The van der Waals surface area contributed by atoms with E-state index < -0.39 is 7.82 Å². The molecule has 0 N–H and O–H groups in total. The van der Waals surface area contributed by atoms with Gasteiger partial charge in [0, 0.05) is 14.2 Å². The summed E-state index contributed by atoms with van der Waals surface area (Å²) in [6.45, 7) is 3.22. The molecule has 0 amide bonds. The largest absolute Gasteiger partial charge is 0.756 e. The monoisotopic (exact) mass is 265 g/mol. The predicted octanol–water partition coefficient (Wildman–Crippen LogP) is 0.255. The Balaban J connectivity index is 0.000000325. The average molecular weight is 265 g/mol. The van der Waals surface area contributed by atoms with Crippen LogP contribution in [0, 0.1) is 0 Å². The summed E-state index contributed by atoms with van der Waals surface area (Å²) < 4.78 is 21.5.